The number of aliphatic hydroxyl groups is 1. The second kappa shape index (κ2) is 6.71. The van der Waals surface area contributed by atoms with Crippen molar-refractivity contribution in [3.63, 3.8) is 0 Å². The smallest absolute Gasteiger partial charge is 0.314 e. The predicted molar refractivity (Wildman–Crippen MR) is 52.5 cm³/mol. The normalized spacial score (nSPS) is 12.7. The van der Waals surface area contributed by atoms with Crippen molar-refractivity contribution in [3.8, 4) is 0 Å². The molecule has 3 N–H and O–H groups in total. The van der Waals surface area contributed by atoms with Gasteiger partial charge in [0, 0.05) is 13.1 Å². The van der Waals surface area contributed by atoms with E-state index in [1.54, 1.807) is 0 Å². The van der Waals surface area contributed by atoms with Crippen LogP contribution in [-0.2, 0) is 0 Å². The molecule has 0 rings (SSSR count). The van der Waals surface area contributed by atoms with Crippen molar-refractivity contribution in [1.29, 1.82) is 0 Å². The van der Waals surface area contributed by atoms with Gasteiger partial charge in [-0.15, -0.1) is 0 Å². The highest BCUT2D eigenvalue weighted by Crippen LogP contribution is 1.98. The van der Waals surface area contributed by atoms with Crippen molar-refractivity contribution in [2.45, 2.75) is 33.3 Å². The SMILES string of the molecule is CCCNC(=O)NCC(O)C(C)C. The molecule has 78 valence electrons. The maximum atomic E-state index is 11.0. The Bertz CT molecular complexity index is 149. The largest absolute Gasteiger partial charge is 0.391 e. The highest BCUT2D eigenvalue weighted by molar-refractivity contribution is 5.73. The first kappa shape index (κ1) is 12.2. The number of carbonyl (C=O) groups is 1. The molecule has 4 nitrogen and oxygen atoms in total. The summed E-state index contributed by atoms with van der Waals surface area (Å²) < 4.78 is 0. The molecule has 0 fully saturated rings. The lowest BCUT2D eigenvalue weighted by atomic mass is 10.1. The maximum Gasteiger partial charge on any atom is 0.314 e. The molecule has 0 saturated carbocycles. The summed E-state index contributed by atoms with van der Waals surface area (Å²) in [6.07, 6.45) is 0.451. The van der Waals surface area contributed by atoms with E-state index < -0.39 is 6.10 Å². The van der Waals surface area contributed by atoms with E-state index in [1.807, 2.05) is 20.8 Å². The quantitative estimate of drug-likeness (QED) is 0.595. The molecule has 0 aromatic carbocycles. The van der Waals surface area contributed by atoms with Gasteiger partial charge in [0.05, 0.1) is 6.10 Å². The third-order valence-corrected chi connectivity index (χ3v) is 1.78. The van der Waals surface area contributed by atoms with Crippen LogP contribution in [0.2, 0.25) is 0 Å². The molecule has 1 atom stereocenters. The van der Waals surface area contributed by atoms with Crippen LogP contribution in [0.4, 0.5) is 4.79 Å². The molecule has 0 aliphatic carbocycles. The van der Waals surface area contributed by atoms with Crippen LogP contribution in [-0.4, -0.2) is 30.3 Å². The minimum Gasteiger partial charge on any atom is -0.391 e. The van der Waals surface area contributed by atoms with Gasteiger partial charge in [-0.05, 0) is 12.3 Å². The predicted octanol–water partition coefficient (Wildman–Crippen LogP) is 0.712. The lowest BCUT2D eigenvalue weighted by molar-refractivity contribution is 0.125. The van der Waals surface area contributed by atoms with Crippen LogP contribution < -0.4 is 10.6 Å². The van der Waals surface area contributed by atoms with Crippen LogP contribution in [0.25, 0.3) is 0 Å². The fraction of sp³-hybridized carbons (Fsp3) is 0.889. The Kier molecular flexibility index (Phi) is 6.32. The minimum atomic E-state index is -0.465. The Morgan fingerprint density at radius 1 is 1.38 bits per heavy atom. The minimum absolute atomic E-state index is 0.173. The third-order valence-electron chi connectivity index (χ3n) is 1.78. The molecule has 4 heteroatoms. The summed E-state index contributed by atoms with van der Waals surface area (Å²) in [7, 11) is 0. The van der Waals surface area contributed by atoms with Crippen LogP contribution in [0.3, 0.4) is 0 Å². The summed E-state index contributed by atoms with van der Waals surface area (Å²) in [5.74, 6) is 0.173. The van der Waals surface area contributed by atoms with Crippen LogP contribution in [0.5, 0.6) is 0 Å². The fourth-order valence-corrected chi connectivity index (χ4v) is 0.734. The molecule has 0 spiro atoms. The zero-order valence-corrected chi connectivity index (χ0v) is 8.63. The molecular weight excluding hydrogens is 168 g/mol. The summed E-state index contributed by atoms with van der Waals surface area (Å²) in [5, 5.41) is 14.6. The van der Waals surface area contributed by atoms with Gasteiger partial charge in [-0.3, -0.25) is 0 Å². The zero-order chi connectivity index (χ0) is 10.3. The first-order valence-corrected chi connectivity index (χ1v) is 4.77. The van der Waals surface area contributed by atoms with Gasteiger partial charge in [0.2, 0.25) is 0 Å². The maximum absolute atomic E-state index is 11.0. The number of aliphatic hydroxyl groups excluding tert-OH is 1. The number of hydrogen-bond acceptors (Lipinski definition) is 2. The Morgan fingerprint density at radius 2 is 2.00 bits per heavy atom. The molecule has 0 heterocycles. The van der Waals surface area contributed by atoms with Crippen molar-refractivity contribution in [2.24, 2.45) is 5.92 Å². The van der Waals surface area contributed by atoms with Gasteiger partial charge in [-0.2, -0.15) is 0 Å². The van der Waals surface area contributed by atoms with Crippen molar-refractivity contribution < 1.29 is 9.90 Å². The first-order valence-electron chi connectivity index (χ1n) is 4.77. The van der Waals surface area contributed by atoms with E-state index in [4.69, 9.17) is 0 Å². The number of urea groups is 1. The van der Waals surface area contributed by atoms with Crippen molar-refractivity contribution >= 4 is 6.03 Å². The van der Waals surface area contributed by atoms with Gasteiger partial charge >= 0.3 is 6.03 Å². The molecule has 0 saturated heterocycles. The average molecular weight is 188 g/mol. The van der Waals surface area contributed by atoms with Crippen LogP contribution >= 0.6 is 0 Å². The van der Waals surface area contributed by atoms with Crippen molar-refractivity contribution in [1.82, 2.24) is 10.6 Å². The Morgan fingerprint density at radius 3 is 2.46 bits per heavy atom. The summed E-state index contributed by atoms with van der Waals surface area (Å²) >= 11 is 0. The van der Waals surface area contributed by atoms with E-state index in [2.05, 4.69) is 10.6 Å². The zero-order valence-electron chi connectivity index (χ0n) is 8.63. The van der Waals surface area contributed by atoms with Gasteiger partial charge in [0.1, 0.15) is 0 Å². The van der Waals surface area contributed by atoms with Crippen LogP contribution in [0.15, 0.2) is 0 Å². The molecule has 13 heavy (non-hydrogen) atoms. The lowest BCUT2D eigenvalue weighted by Crippen LogP contribution is -2.41. The topological polar surface area (TPSA) is 61.4 Å². The molecule has 1 unspecified atom stereocenters. The molecule has 0 aromatic rings. The number of hydrogen-bond donors (Lipinski definition) is 3. The van der Waals surface area contributed by atoms with Crippen molar-refractivity contribution in [2.75, 3.05) is 13.1 Å². The molecule has 0 aromatic heterocycles. The first-order chi connectivity index (χ1) is 6.07. The molecule has 2 amide bonds. The molecular formula is C9H20N2O2. The average Bonchev–Trinajstić information content (AvgIpc) is 2.10. The second-order valence-corrected chi connectivity index (χ2v) is 3.45. The van der Waals surface area contributed by atoms with Crippen LogP contribution in [0, 0.1) is 5.92 Å². The molecule has 0 aliphatic rings. The third kappa shape index (κ3) is 6.40. The van der Waals surface area contributed by atoms with E-state index in [0.29, 0.717) is 13.1 Å². The summed E-state index contributed by atoms with van der Waals surface area (Å²) in [4.78, 5) is 11.0. The second-order valence-electron chi connectivity index (χ2n) is 3.45. The van der Waals surface area contributed by atoms with Gasteiger partial charge < -0.3 is 15.7 Å². The van der Waals surface area contributed by atoms with E-state index in [0.717, 1.165) is 6.42 Å². The van der Waals surface area contributed by atoms with Crippen molar-refractivity contribution in [3.05, 3.63) is 0 Å². The number of carbonyl (C=O) groups excluding carboxylic acids is 1. The standard InChI is InChI=1S/C9H20N2O2/c1-4-5-10-9(13)11-6-8(12)7(2)3/h7-8,12H,4-6H2,1-3H3,(H2,10,11,13). The summed E-state index contributed by atoms with van der Waals surface area (Å²) in [6, 6.07) is -0.207. The number of rotatable bonds is 5. The molecule has 0 radical (unpaired) electrons. The van der Waals surface area contributed by atoms with Gasteiger partial charge in [0.15, 0.2) is 0 Å². The lowest BCUT2D eigenvalue weighted by Gasteiger charge is -2.15. The van der Waals surface area contributed by atoms with E-state index in [-0.39, 0.29) is 11.9 Å². The Balaban J connectivity index is 3.46. The van der Waals surface area contributed by atoms with E-state index in [1.165, 1.54) is 0 Å². The van der Waals surface area contributed by atoms with E-state index >= 15 is 0 Å². The Hall–Kier alpha value is -0.770. The monoisotopic (exact) mass is 188 g/mol. The fourth-order valence-electron chi connectivity index (χ4n) is 0.734. The highest BCUT2D eigenvalue weighted by Gasteiger charge is 2.09. The molecule has 0 bridgehead atoms. The number of nitrogens with one attached hydrogen (secondary N) is 2. The van der Waals surface area contributed by atoms with Crippen LogP contribution in [0.1, 0.15) is 27.2 Å². The number of amides is 2. The summed E-state index contributed by atoms with van der Waals surface area (Å²) in [6.45, 7) is 6.80. The molecule has 0 aliphatic heterocycles. The van der Waals surface area contributed by atoms with Gasteiger partial charge in [0.25, 0.3) is 0 Å². The Labute approximate surface area is 79.7 Å². The summed E-state index contributed by atoms with van der Waals surface area (Å²) in [5.41, 5.74) is 0. The highest BCUT2D eigenvalue weighted by atomic mass is 16.3. The van der Waals surface area contributed by atoms with Gasteiger partial charge in [-0.25, -0.2) is 4.79 Å². The van der Waals surface area contributed by atoms with Gasteiger partial charge in [-0.1, -0.05) is 20.8 Å². The van der Waals surface area contributed by atoms with E-state index in [9.17, 15) is 9.90 Å².